The molecule has 346 valence electrons. The Kier molecular flexibility index (Phi) is 9.48. The first kappa shape index (κ1) is 42.0. The molecule has 2 heterocycles. The third-order valence-electron chi connectivity index (χ3n) is 15.8. The van der Waals surface area contributed by atoms with Gasteiger partial charge in [0, 0.05) is 50.2 Å². The van der Waals surface area contributed by atoms with Crippen molar-refractivity contribution in [2.75, 3.05) is 9.80 Å². The number of benzene rings is 12. The van der Waals surface area contributed by atoms with Gasteiger partial charge in [0.25, 0.3) is 0 Å². The zero-order valence-corrected chi connectivity index (χ0v) is 40.5. The lowest BCUT2D eigenvalue weighted by atomic mass is 9.67. The Morgan fingerprint density at radius 1 is 0.311 bits per heavy atom. The van der Waals surface area contributed by atoms with E-state index in [9.17, 15) is 0 Å². The van der Waals surface area contributed by atoms with E-state index in [1.165, 1.54) is 88.5 Å². The molecule has 0 fully saturated rings. The third kappa shape index (κ3) is 6.27. The maximum atomic E-state index is 2.47. The summed E-state index contributed by atoms with van der Waals surface area (Å²) in [6, 6.07) is 105. The molecule has 0 amide bonds. The Labute approximate surface area is 430 Å². The van der Waals surface area contributed by atoms with Gasteiger partial charge in [-0.05, 0) is 140 Å². The normalized spacial score (nSPS) is 12.9. The molecule has 1 aliphatic carbocycles. The average molecular weight is 942 g/mol. The molecule has 0 N–H and O–H groups in total. The van der Waals surface area contributed by atoms with E-state index < -0.39 is 5.41 Å². The first-order chi connectivity index (χ1) is 36.7. The molecule has 12 aromatic carbocycles. The summed E-state index contributed by atoms with van der Waals surface area (Å²) >= 11 is 0. The van der Waals surface area contributed by atoms with Crippen LogP contribution in [0.2, 0.25) is 0 Å². The maximum absolute atomic E-state index is 2.47. The molecule has 0 bridgehead atoms. The van der Waals surface area contributed by atoms with Gasteiger partial charge in [-0.25, -0.2) is 0 Å². The van der Waals surface area contributed by atoms with Crippen molar-refractivity contribution in [2.45, 2.75) is 5.41 Å². The minimum absolute atomic E-state index is 0.542. The van der Waals surface area contributed by atoms with E-state index >= 15 is 0 Å². The standard InChI is InChI=1S/C71H47N3/c1-5-21-51(22-6-1)71(52-23-7-2-8-24-52)64-32-15-13-29-58(64)59-43-40-57(47-65(59)71)72(56-41-44-67-63(46-56)60-30-14-16-33-66(60)73(67)53-25-9-3-10-26-53)55-38-35-48(36-39-55)50-37-42-61-62-31-17-19-49-20-18-34-68(70(49)62)74(69(61)45-50)54-27-11-4-12-28-54/h1-47H. The fraction of sp³-hybridized carbons (Fsp3) is 0.0141. The molecule has 0 unspecified atom stereocenters. The summed E-state index contributed by atoms with van der Waals surface area (Å²) in [5.74, 6) is 0. The van der Waals surface area contributed by atoms with Crippen LogP contribution in [0.15, 0.2) is 285 Å². The van der Waals surface area contributed by atoms with E-state index in [-0.39, 0.29) is 0 Å². The van der Waals surface area contributed by atoms with Gasteiger partial charge >= 0.3 is 0 Å². The Morgan fingerprint density at radius 3 is 1.62 bits per heavy atom. The topological polar surface area (TPSA) is 11.4 Å². The highest BCUT2D eigenvalue weighted by atomic mass is 15.2. The summed E-state index contributed by atoms with van der Waals surface area (Å²) < 4.78 is 2.39. The average Bonchev–Trinajstić information content (AvgIpc) is 3.99. The fourth-order valence-electron chi connectivity index (χ4n) is 12.6. The van der Waals surface area contributed by atoms with Gasteiger partial charge in [0.2, 0.25) is 0 Å². The third-order valence-corrected chi connectivity index (χ3v) is 15.8. The molecule has 1 aliphatic heterocycles. The lowest BCUT2D eigenvalue weighted by molar-refractivity contribution is 0.768. The molecule has 74 heavy (non-hydrogen) atoms. The maximum Gasteiger partial charge on any atom is 0.0714 e. The van der Waals surface area contributed by atoms with Crippen LogP contribution in [0.1, 0.15) is 22.3 Å². The van der Waals surface area contributed by atoms with Crippen LogP contribution < -0.4 is 9.80 Å². The predicted molar refractivity (Wildman–Crippen MR) is 309 cm³/mol. The van der Waals surface area contributed by atoms with Gasteiger partial charge in [-0.3, -0.25) is 0 Å². The van der Waals surface area contributed by atoms with E-state index in [4.69, 9.17) is 0 Å². The van der Waals surface area contributed by atoms with Crippen molar-refractivity contribution >= 4 is 66.7 Å². The van der Waals surface area contributed by atoms with Crippen molar-refractivity contribution in [1.82, 2.24) is 4.57 Å². The SMILES string of the molecule is c1ccc(N2c3cc(-c4ccc(N(c5ccc6c(c5)C(c5ccccc5)(c5ccccc5)c5ccccc5-6)c5ccc6c(c5)c5ccccc5n6-c5ccccc5)cc4)ccc3-c3cccc4cccc2c34)cc1. The van der Waals surface area contributed by atoms with Crippen molar-refractivity contribution in [3.63, 3.8) is 0 Å². The number of anilines is 6. The minimum atomic E-state index is -0.542. The Bertz CT molecular complexity index is 4250. The second kappa shape index (κ2) is 16.7. The zero-order valence-electron chi connectivity index (χ0n) is 40.5. The second-order valence-electron chi connectivity index (χ2n) is 19.6. The molecule has 0 spiro atoms. The van der Waals surface area contributed by atoms with Crippen LogP contribution in [0.4, 0.5) is 34.1 Å². The Morgan fingerprint density at radius 2 is 0.865 bits per heavy atom. The zero-order chi connectivity index (χ0) is 48.7. The summed E-state index contributed by atoms with van der Waals surface area (Å²) in [6.45, 7) is 0. The van der Waals surface area contributed by atoms with Gasteiger partial charge in [-0.2, -0.15) is 0 Å². The van der Waals surface area contributed by atoms with Crippen LogP contribution in [0, 0.1) is 0 Å². The van der Waals surface area contributed by atoms with E-state index in [1.54, 1.807) is 0 Å². The van der Waals surface area contributed by atoms with Gasteiger partial charge in [0.1, 0.15) is 0 Å². The highest BCUT2D eigenvalue weighted by molar-refractivity contribution is 6.14. The first-order valence-corrected chi connectivity index (χ1v) is 25.6. The molecule has 0 radical (unpaired) electrons. The molecule has 1 aromatic heterocycles. The number of fused-ring (bicyclic) bond motifs is 8. The Hall–Kier alpha value is -9.70. The monoisotopic (exact) mass is 941 g/mol. The number of para-hydroxylation sites is 3. The minimum Gasteiger partial charge on any atom is -0.310 e. The Balaban J connectivity index is 0.925. The van der Waals surface area contributed by atoms with Crippen molar-refractivity contribution < 1.29 is 0 Å². The van der Waals surface area contributed by atoms with Gasteiger partial charge in [0.15, 0.2) is 0 Å². The van der Waals surface area contributed by atoms with Gasteiger partial charge in [-0.1, -0.05) is 200 Å². The number of hydrogen-bond acceptors (Lipinski definition) is 2. The number of nitrogens with zero attached hydrogens (tertiary/aromatic N) is 3. The quantitative estimate of drug-likeness (QED) is 0.150. The van der Waals surface area contributed by atoms with Crippen molar-refractivity contribution in [1.29, 1.82) is 0 Å². The first-order valence-electron chi connectivity index (χ1n) is 25.6. The molecule has 2 aliphatic rings. The number of hydrogen-bond donors (Lipinski definition) is 0. The molecule has 15 rings (SSSR count). The molecule has 0 saturated heterocycles. The molecule has 3 heteroatoms. The van der Waals surface area contributed by atoms with Crippen molar-refractivity contribution in [3.8, 4) is 39.1 Å². The van der Waals surface area contributed by atoms with E-state index in [0.29, 0.717) is 0 Å². The fourth-order valence-corrected chi connectivity index (χ4v) is 12.6. The lowest BCUT2D eigenvalue weighted by Gasteiger charge is -2.35. The van der Waals surface area contributed by atoms with Crippen LogP contribution in [-0.2, 0) is 5.41 Å². The van der Waals surface area contributed by atoms with Crippen LogP contribution >= 0.6 is 0 Å². The smallest absolute Gasteiger partial charge is 0.0714 e. The molecule has 13 aromatic rings. The summed E-state index contributed by atoms with van der Waals surface area (Å²) in [6.07, 6.45) is 0. The van der Waals surface area contributed by atoms with Crippen LogP contribution in [0.25, 0.3) is 71.6 Å². The van der Waals surface area contributed by atoms with Crippen LogP contribution in [0.3, 0.4) is 0 Å². The molecular weight excluding hydrogens is 895 g/mol. The summed E-state index contributed by atoms with van der Waals surface area (Å²) in [4.78, 5) is 4.90. The number of rotatable bonds is 8. The highest BCUT2D eigenvalue weighted by Gasteiger charge is 2.46. The predicted octanol–water partition coefficient (Wildman–Crippen LogP) is 18.9. The number of aromatic nitrogens is 1. The summed E-state index contributed by atoms with van der Waals surface area (Å²) in [5.41, 5.74) is 22.1. The highest BCUT2D eigenvalue weighted by Crippen LogP contribution is 2.58. The largest absolute Gasteiger partial charge is 0.310 e. The molecule has 3 nitrogen and oxygen atoms in total. The summed E-state index contributed by atoms with van der Waals surface area (Å²) in [5, 5.41) is 4.95. The van der Waals surface area contributed by atoms with E-state index in [2.05, 4.69) is 299 Å². The van der Waals surface area contributed by atoms with Crippen LogP contribution in [-0.4, -0.2) is 4.57 Å². The van der Waals surface area contributed by atoms with E-state index in [0.717, 1.165) is 39.6 Å². The van der Waals surface area contributed by atoms with Gasteiger partial charge in [-0.15, -0.1) is 0 Å². The van der Waals surface area contributed by atoms with Crippen molar-refractivity contribution in [3.05, 3.63) is 307 Å². The lowest BCUT2D eigenvalue weighted by Crippen LogP contribution is -2.28. The molecule has 0 atom stereocenters. The van der Waals surface area contributed by atoms with E-state index in [1.807, 2.05) is 0 Å². The summed E-state index contributed by atoms with van der Waals surface area (Å²) in [7, 11) is 0. The van der Waals surface area contributed by atoms with Crippen molar-refractivity contribution in [2.24, 2.45) is 0 Å². The van der Waals surface area contributed by atoms with Gasteiger partial charge in [0.05, 0.1) is 27.8 Å². The molecule has 0 saturated carbocycles. The second-order valence-corrected chi connectivity index (χ2v) is 19.6. The van der Waals surface area contributed by atoms with Gasteiger partial charge < -0.3 is 14.4 Å². The van der Waals surface area contributed by atoms with Crippen LogP contribution in [0.5, 0.6) is 0 Å². The molecular formula is C71H47N3.